The van der Waals surface area contributed by atoms with Gasteiger partial charge < -0.3 is 13.7 Å². The lowest BCUT2D eigenvalue weighted by molar-refractivity contribution is -0.143. The first-order chi connectivity index (χ1) is 71.9. The smallest absolute Gasteiger partial charge is 0.308 e. The highest BCUT2D eigenvalue weighted by Crippen LogP contribution is 2.52. The molecule has 0 saturated heterocycles. The van der Waals surface area contributed by atoms with Crippen LogP contribution >= 0.6 is 0 Å². The number of aryl methyl sites for hydroxylation is 5. The zero-order valence-electron chi connectivity index (χ0n) is 80.3. The molecule has 0 radical (unpaired) electrons. The Bertz CT molecular complexity index is 9350. The molecule has 0 atom stereocenters. The summed E-state index contributed by atoms with van der Waals surface area (Å²) in [6.45, 7) is 9.78. The molecule has 3 aliphatic heterocycles. The molecule has 19 aromatic carbocycles. The molecular formula is C128H83F9N6O6. The molecule has 0 N–H and O–H groups in total. The number of aromatic nitrogens is 3. The number of alkyl halides is 9. The predicted octanol–water partition coefficient (Wildman–Crippen LogP) is 33.0. The van der Waals surface area contributed by atoms with Crippen molar-refractivity contribution in [3.05, 3.63) is 490 Å². The first-order valence-corrected chi connectivity index (χ1v) is 48.2. The number of rotatable bonds is 13. The Hall–Kier alpha value is -18.6. The monoisotopic (exact) mass is 1970 g/mol. The van der Waals surface area contributed by atoms with Crippen LogP contribution in [0.4, 0.5) is 56.6 Å². The van der Waals surface area contributed by atoms with Crippen LogP contribution in [0.5, 0.6) is 0 Å². The fourth-order valence-electron chi connectivity index (χ4n) is 21.6. The zero-order chi connectivity index (χ0) is 103. The Labute approximate surface area is 847 Å². The van der Waals surface area contributed by atoms with Gasteiger partial charge in [-0.15, -0.1) is 0 Å². The van der Waals surface area contributed by atoms with E-state index < -0.39 is 64.4 Å². The van der Waals surface area contributed by atoms with Gasteiger partial charge in [-0.05, 0) is 216 Å². The van der Waals surface area contributed by atoms with Crippen LogP contribution in [0, 0.1) is 34.6 Å². The number of para-hydroxylation sites is 5. The van der Waals surface area contributed by atoms with Gasteiger partial charge in [0.2, 0.25) is 0 Å². The van der Waals surface area contributed by atoms with Crippen LogP contribution in [0.2, 0.25) is 0 Å². The number of nitrogens with zero attached hydrogens (tertiary/aromatic N) is 6. The Balaban J connectivity index is 0.000000124. The Morgan fingerprint density at radius 3 is 0.906 bits per heavy atom. The van der Waals surface area contributed by atoms with Crippen molar-refractivity contribution in [2.45, 2.75) is 53.1 Å². The Morgan fingerprint density at radius 1 is 0.195 bits per heavy atom. The van der Waals surface area contributed by atoms with Crippen LogP contribution in [0.1, 0.15) is 107 Å². The summed E-state index contributed by atoms with van der Waals surface area (Å²) >= 11 is 0. The van der Waals surface area contributed by atoms with Gasteiger partial charge in [-0.2, -0.15) is 39.5 Å². The number of halogens is 9. The highest BCUT2D eigenvalue weighted by molar-refractivity contribution is 6.38. The molecule has 149 heavy (non-hydrogen) atoms. The van der Waals surface area contributed by atoms with Crippen molar-refractivity contribution >= 4 is 118 Å². The van der Waals surface area contributed by atoms with Crippen molar-refractivity contribution < 1.29 is 68.3 Å². The number of carbonyl (C=O) groups is 6. The number of benzene rings is 19. The molecule has 3 aromatic heterocycles. The fraction of sp³-hybridized carbons (Fsp3) is 0.0625. The third-order valence-corrected chi connectivity index (χ3v) is 28.4. The van der Waals surface area contributed by atoms with Gasteiger partial charge in [-0.3, -0.25) is 28.8 Å². The van der Waals surface area contributed by atoms with Crippen molar-refractivity contribution in [3.8, 4) is 95.0 Å². The molecule has 6 amide bonds. The number of anilines is 3. The number of fused-ring (bicyclic) bond motifs is 12. The minimum Gasteiger partial charge on any atom is -0.308 e. The van der Waals surface area contributed by atoms with Crippen LogP contribution in [0.25, 0.3) is 160 Å². The van der Waals surface area contributed by atoms with E-state index in [-0.39, 0.29) is 62.5 Å². The van der Waals surface area contributed by atoms with E-state index in [1.54, 1.807) is 102 Å². The number of imide groups is 3. The summed E-state index contributed by atoms with van der Waals surface area (Å²) in [5.41, 5.74) is 19.2. The molecule has 25 rings (SSSR count). The van der Waals surface area contributed by atoms with Crippen molar-refractivity contribution in [1.29, 1.82) is 0 Å². The van der Waals surface area contributed by atoms with Crippen LogP contribution in [0.3, 0.4) is 0 Å². The van der Waals surface area contributed by atoms with Gasteiger partial charge >= 0.3 is 18.5 Å². The molecular weight excluding hydrogens is 1890 g/mol. The summed E-state index contributed by atoms with van der Waals surface area (Å²) in [4.78, 5) is 88.6. The summed E-state index contributed by atoms with van der Waals surface area (Å²) in [6.07, 6.45) is -14.7. The summed E-state index contributed by atoms with van der Waals surface area (Å²) < 4.78 is 134. The second kappa shape index (κ2) is 36.6. The van der Waals surface area contributed by atoms with E-state index in [2.05, 4.69) is 66.9 Å². The van der Waals surface area contributed by atoms with Crippen LogP contribution in [-0.4, -0.2) is 49.1 Å². The van der Waals surface area contributed by atoms with E-state index in [1.807, 2.05) is 249 Å². The fourth-order valence-corrected chi connectivity index (χ4v) is 21.6. The molecule has 0 bridgehead atoms. The quantitative estimate of drug-likeness (QED) is 0.0836. The normalized spacial score (nSPS) is 13.1. The molecule has 3 aliphatic rings. The maximum atomic E-state index is 14.8. The van der Waals surface area contributed by atoms with Gasteiger partial charge in [-0.1, -0.05) is 320 Å². The maximum Gasteiger partial charge on any atom is 0.417 e. The van der Waals surface area contributed by atoms with E-state index in [0.29, 0.717) is 84.1 Å². The van der Waals surface area contributed by atoms with Crippen molar-refractivity contribution in [2.24, 2.45) is 0 Å². The average Bonchev–Trinajstić information content (AvgIpc) is 1.55. The molecule has 0 unspecified atom stereocenters. The van der Waals surface area contributed by atoms with Crippen LogP contribution < -0.4 is 14.7 Å². The summed E-state index contributed by atoms with van der Waals surface area (Å²) in [6, 6.07) is 123. The summed E-state index contributed by atoms with van der Waals surface area (Å²) in [7, 11) is 0. The van der Waals surface area contributed by atoms with Crippen molar-refractivity contribution in [2.75, 3.05) is 14.7 Å². The van der Waals surface area contributed by atoms with Gasteiger partial charge in [0.1, 0.15) is 0 Å². The number of carbonyl (C=O) groups excluding carboxylic acids is 6. The Morgan fingerprint density at radius 2 is 0.497 bits per heavy atom. The first-order valence-electron chi connectivity index (χ1n) is 48.2. The second-order valence-corrected chi connectivity index (χ2v) is 37.5. The molecule has 0 saturated carbocycles. The van der Waals surface area contributed by atoms with Crippen molar-refractivity contribution in [3.63, 3.8) is 0 Å². The van der Waals surface area contributed by atoms with Gasteiger partial charge in [0.25, 0.3) is 35.4 Å². The largest absolute Gasteiger partial charge is 0.417 e. The third kappa shape index (κ3) is 16.2. The van der Waals surface area contributed by atoms with Crippen LogP contribution in [-0.2, 0) is 18.5 Å². The second-order valence-electron chi connectivity index (χ2n) is 37.5. The molecule has 22 aromatic rings. The molecule has 0 fully saturated rings. The molecule has 0 aliphatic carbocycles. The maximum absolute atomic E-state index is 14.8. The van der Waals surface area contributed by atoms with Crippen molar-refractivity contribution in [1.82, 2.24) is 13.7 Å². The lowest BCUT2D eigenvalue weighted by Gasteiger charge is -2.19. The number of hydrogen-bond acceptors (Lipinski definition) is 6. The minimum absolute atomic E-state index is 0.0101. The predicted molar refractivity (Wildman–Crippen MR) is 572 cm³/mol. The highest BCUT2D eigenvalue weighted by Gasteiger charge is 2.46. The number of amides is 6. The van der Waals surface area contributed by atoms with Gasteiger partial charge in [0, 0.05) is 49.0 Å². The van der Waals surface area contributed by atoms with Gasteiger partial charge in [0.15, 0.2) is 0 Å². The van der Waals surface area contributed by atoms with Gasteiger partial charge in [-0.25, -0.2) is 14.7 Å². The molecule has 12 nitrogen and oxygen atoms in total. The van der Waals surface area contributed by atoms with E-state index >= 15 is 0 Å². The van der Waals surface area contributed by atoms with Crippen LogP contribution in [0.15, 0.2) is 413 Å². The third-order valence-electron chi connectivity index (χ3n) is 28.4. The Kier molecular flexibility index (Phi) is 23.1. The van der Waals surface area contributed by atoms with E-state index in [9.17, 15) is 68.3 Å². The lowest BCUT2D eigenvalue weighted by atomic mass is 9.94. The topological polar surface area (TPSA) is 127 Å². The van der Waals surface area contributed by atoms with E-state index in [4.69, 9.17) is 0 Å². The first kappa shape index (κ1) is 94.0. The van der Waals surface area contributed by atoms with E-state index in [1.165, 1.54) is 39.1 Å². The highest BCUT2D eigenvalue weighted by atomic mass is 19.4. The number of hydrogen-bond donors (Lipinski definition) is 0. The standard InChI is InChI=1S/C48H30F6N2O2.C40H25F3N2O2.C40H28N2O2/c1-27-17-23-33(28(2)25-27)35-11-6-13-37-38-14-7-12-36(34-24-20-31(47(49,50)51)26-40(34)48(52,53)54)44(38)56(43(35)37)41-16-8-15-39-42(41)46(58)55(45(39)57)32-21-18-30(19-22-32)29-9-4-3-5-10-29;1-24-14-20-29(33(22-24)40(41,42)43)27-17-21-31-30-10-5-6-12-34(30)45(36(31)23-27)35-13-7-11-32-37(35)39(47)44(38(32)46)28-18-15-26(16-19-28)25-8-3-2-4-9-25;1-25-18-23-30(26(2)24-25)32-13-8-14-33-31-12-6-7-16-35(31)42(38(32)33)36-17-9-15-34-37(36)40(44)41(39(34)43)29-21-19-28(20-22-29)27-10-4-3-5-11-27/h3-26H,1-2H3;2-23H,1H3;3-24H,1-2H3. The SMILES string of the molecule is Cc1ccc(-c2ccc3c4ccccc4n(-c4cccc5c4C(=O)N(c4ccc(-c6ccccc6)cc4)C5=O)c3c2)c(C(F)(F)F)c1.Cc1ccc(-c2cccc3c4cccc(-c5ccc(C(F)(F)F)cc5C(F)(F)F)c4n(-c4cccc5c4C(=O)N(c4ccc(-c6ccccc6)cc4)C5=O)c23)c(C)c1.Cc1ccc(-c2cccc3c4ccccc4n(-c4cccc5c4C(=O)N(c4ccc(-c6ccccc6)cc4)C5=O)c23)c(C)c1. The molecule has 21 heteroatoms. The van der Waals surface area contributed by atoms with Gasteiger partial charge in [0.05, 0.1) is 117 Å². The zero-order valence-corrected chi connectivity index (χ0v) is 80.3. The summed E-state index contributed by atoms with van der Waals surface area (Å²) in [5.74, 6) is -2.74. The molecule has 6 heterocycles. The molecule has 724 valence electrons. The lowest BCUT2D eigenvalue weighted by Crippen LogP contribution is -2.29. The minimum atomic E-state index is -5.16. The average molecular weight is 1970 g/mol. The summed E-state index contributed by atoms with van der Waals surface area (Å²) in [5, 5.41) is 4.99. The molecule has 0 spiro atoms. The van der Waals surface area contributed by atoms with E-state index in [0.717, 1.165) is 116 Å².